The first kappa shape index (κ1) is 22.5. The molecule has 1 aromatic heterocycles. The van der Waals surface area contributed by atoms with E-state index in [1.807, 2.05) is 18.5 Å². The minimum Gasteiger partial charge on any atom is -0.362 e. The maximum Gasteiger partial charge on any atom is 0.164 e. The van der Waals surface area contributed by atoms with Crippen molar-refractivity contribution in [3.63, 3.8) is 0 Å². The molecule has 6 heteroatoms. The Labute approximate surface area is 201 Å². The van der Waals surface area contributed by atoms with Crippen LogP contribution in [0.1, 0.15) is 59.4 Å². The van der Waals surface area contributed by atoms with E-state index >= 15 is 0 Å². The Morgan fingerprint density at radius 3 is 2.65 bits per heavy atom. The molecule has 5 rings (SSSR count). The third kappa shape index (κ3) is 3.47. The summed E-state index contributed by atoms with van der Waals surface area (Å²) in [5, 5.41) is 12.3. The molecule has 2 atom stereocenters. The Morgan fingerprint density at radius 1 is 1.15 bits per heavy atom. The van der Waals surface area contributed by atoms with Gasteiger partial charge in [0.2, 0.25) is 0 Å². The fourth-order valence-electron chi connectivity index (χ4n) is 6.05. The van der Waals surface area contributed by atoms with Gasteiger partial charge in [-0.15, -0.1) is 0 Å². The third-order valence-corrected chi connectivity index (χ3v) is 7.37. The predicted octanol–water partition coefficient (Wildman–Crippen LogP) is 6.20. The summed E-state index contributed by atoms with van der Waals surface area (Å²) in [6.45, 7) is 10.9. The lowest BCUT2D eigenvalue weighted by molar-refractivity contribution is -0.119. The largest absolute Gasteiger partial charge is 0.362 e. The summed E-state index contributed by atoms with van der Waals surface area (Å²) in [5.74, 6) is 0.227. The Balaban J connectivity index is 1.70. The Hall–Kier alpha value is -3.28. The fraction of sp³-hybridized carbons (Fsp3) is 0.429. The van der Waals surface area contributed by atoms with Gasteiger partial charge in [-0.1, -0.05) is 32.9 Å². The first-order valence-electron chi connectivity index (χ1n) is 12.2. The van der Waals surface area contributed by atoms with Gasteiger partial charge in [-0.3, -0.25) is 9.78 Å². The maximum atomic E-state index is 13.7. The van der Waals surface area contributed by atoms with Crippen LogP contribution in [0, 0.1) is 5.41 Å². The zero-order valence-electron chi connectivity index (χ0n) is 20.7. The third-order valence-electron chi connectivity index (χ3n) is 7.37. The summed E-state index contributed by atoms with van der Waals surface area (Å²) >= 11 is 0. The van der Waals surface area contributed by atoms with E-state index in [2.05, 4.69) is 90.4 Å². The van der Waals surface area contributed by atoms with Crippen LogP contribution >= 0.6 is 0 Å². The van der Waals surface area contributed by atoms with Gasteiger partial charge in [0, 0.05) is 41.2 Å². The van der Waals surface area contributed by atoms with E-state index in [0.717, 1.165) is 46.6 Å². The second-order valence-electron chi connectivity index (χ2n) is 10.6. The number of ketones is 1. The molecule has 0 saturated heterocycles. The summed E-state index contributed by atoms with van der Waals surface area (Å²) in [4.78, 5) is 20.4. The smallest absolute Gasteiger partial charge is 0.164 e. The van der Waals surface area contributed by atoms with Crippen LogP contribution in [-0.4, -0.2) is 23.0 Å². The number of nitrogens with one attached hydrogen (secondary N) is 1. The minimum absolute atomic E-state index is 0.0735. The molecule has 3 aliphatic rings. The molecule has 176 valence electrons. The summed E-state index contributed by atoms with van der Waals surface area (Å²) in [7, 11) is 0. The van der Waals surface area contributed by atoms with Gasteiger partial charge in [-0.2, -0.15) is 10.2 Å². The molecule has 34 heavy (non-hydrogen) atoms. The highest BCUT2D eigenvalue weighted by Crippen LogP contribution is 2.54. The number of allylic oxidation sites excluding steroid dienone is 2. The van der Waals surface area contributed by atoms with Gasteiger partial charge in [-0.25, -0.2) is 0 Å². The van der Waals surface area contributed by atoms with E-state index in [1.165, 1.54) is 0 Å². The van der Waals surface area contributed by atoms with Gasteiger partial charge in [0.1, 0.15) is 0 Å². The second kappa shape index (κ2) is 8.19. The number of anilines is 2. The zero-order valence-corrected chi connectivity index (χ0v) is 20.7. The van der Waals surface area contributed by atoms with E-state index in [1.54, 1.807) is 6.20 Å². The normalized spacial score (nSPS) is 25.1. The number of pyridine rings is 1. The van der Waals surface area contributed by atoms with Crippen LogP contribution in [-0.2, 0) is 10.2 Å². The van der Waals surface area contributed by atoms with E-state index < -0.39 is 5.41 Å². The SMILES string of the molecule is CC[C@]1(c2cccc(N(c3cccnc3)C(C)C)c2)C2=CN=NC2NC2=C1C(=O)CC(C)(C)C2. The monoisotopic (exact) mass is 455 g/mol. The van der Waals surface area contributed by atoms with Crippen LogP contribution in [0.15, 0.2) is 82.1 Å². The molecule has 2 aliphatic heterocycles. The Bertz CT molecular complexity index is 1210. The number of hydrogen-bond donors (Lipinski definition) is 1. The molecule has 1 unspecified atom stereocenters. The average Bonchev–Trinajstić information content (AvgIpc) is 3.26. The molecule has 1 N–H and O–H groups in total. The molecule has 1 aromatic carbocycles. The molecule has 0 amide bonds. The number of rotatable bonds is 5. The van der Waals surface area contributed by atoms with Crippen LogP contribution < -0.4 is 10.2 Å². The average molecular weight is 456 g/mol. The highest BCUT2D eigenvalue weighted by Gasteiger charge is 2.53. The van der Waals surface area contributed by atoms with Crippen molar-refractivity contribution in [2.45, 2.75) is 71.5 Å². The topological polar surface area (TPSA) is 70.0 Å². The van der Waals surface area contributed by atoms with Gasteiger partial charge < -0.3 is 10.2 Å². The number of azo groups is 1. The van der Waals surface area contributed by atoms with Gasteiger partial charge in [0.05, 0.1) is 23.5 Å². The number of Topliss-reactive ketones (excluding diaryl/α,β-unsaturated/α-hetero) is 1. The molecule has 0 saturated carbocycles. The van der Waals surface area contributed by atoms with Crippen LogP contribution in [0.4, 0.5) is 11.4 Å². The van der Waals surface area contributed by atoms with Gasteiger partial charge >= 0.3 is 0 Å². The first-order chi connectivity index (χ1) is 16.3. The van der Waals surface area contributed by atoms with Crippen molar-refractivity contribution < 1.29 is 4.79 Å². The minimum atomic E-state index is -0.546. The lowest BCUT2D eigenvalue weighted by Crippen LogP contribution is -2.51. The standard InChI is InChI=1S/C28H33N5O/c1-6-28(19-9-7-10-20(13-19)33(18(2)3)21-11-8-12-29-16-21)22-17-30-32-26(22)31-23-14-27(4,5)15-24(34)25(23)28/h7-13,16-18,26,31H,6,14-15H2,1-5H3/t26?,28-/m0/s1. The van der Waals surface area contributed by atoms with Crippen molar-refractivity contribution in [2.24, 2.45) is 15.6 Å². The molecule has 0 spiro atoms. The Morgan fingerprint density at radius 2 is 1.94 bits per heavy atom. The number of carbonyl (C=O) groups is 1. The van der Waals surface area contributed by atoms with E-state index in [9.17, 15) is 4.79 Å². The van der Waals surface area contributed by atoms with Gasteiger partial charge in [0.25, 0.3) is 0 Å². The van der Waals surface area contributed by atoms with Crippen LogP contribution in [0.2, 0.25) is 0 Å². The number of nitrogens with zero attached hydrogens (tertiary/aromatic N) is 4. The summed E-state index contributed by atoms with van der Waals surface area (Å²) in [6.07, 6.45) is 7.49. The predicted molar refractivity (Wildman–Crippen MR) is 135 cm³/mol. The molecule has 3 heterocycles. The molecule has 1 aliphatic carbocycles. The van der Waals surface area contributed by atoms with Crippen molar-refractivity contribution in [3.05, 3.63) is 77.4 Å². The number of benzene rings is 1. The number of fused-ring (bicyclic) bond motifs is 1. The number of carbonyl (C=O) groups excluding carboxylic acids is 1. The Kier molecular flexibility index (Phi) is 5.42. The van der Waals surface area contributed by atoms with Crippen LogP contribution in [0.5, 0.6) is 0 Å². The summed E-state index contributed by atoms with van der Waals surface area (Å²) in [6, 6.07) is 12.9. The molecule has 0 bridgehead atoms. The molecular formula is C28H33N5O. The van der Waals surface area contributed by atoms with Gasteiger partial charge in [-0.05, 0) is 61.9 Å². The fourth-order valence-corrected chi connectivity index (χ4v) is 6.05. The molecule has 0 fully saturated rings. The second-order valence-corrected chi connectivity index (χ2v) is 10.6. The van der Waals surface area contributed by atoms with Crippen molar-refractivity contribution in [2.75, 3.05) is 4.90 Å². The van der Waals surface area contributed by atoms with Crippen LogP contribution in [0.25, 0.3) is 0 Å². The lowest BCUT2D eigenvalue weighted by Gasteiger charge is -2.48. The summed E-state index contributed by atoms with van der Waals surface area (Å²) in [5.41, 5.74) is 5.63. The molecule has 2 aromatic rings. The highest BCUT2D eigenvalue weighted by atomic mass is 16.1. The number of aromatic nitrogens is 1. The lowest BCUT2D eigenvalue weighted by atomic mass is 9.59. The van der Waals surface area contributed by atoms with E-state index in [0.29, 0.717) is 6.42 Å². The van der Waals surface area contributed by atoms with Crippen molar-refractivity contribution in [1.29, 1.82) is 0 Å². The summed E-state index contributed by atoms with van der Waals surface area (Å²) < 4.78 is 0. The van der Waals surface area contributed by atoms with E-state index in [4.69, 9.17) is 0 Å². The van der Waals surface area contributed by atoms with E-state index in [-0.39, 0.29) is 23.4 Å². The quantitative estimate of drug-likeness (QED) is 0.583. The van der Waals surface area contributed by atoms with Gasteiger partial charge in [0.15, 0.2) is 11.9 Å². The number of hydrogen-bond acceptors (Lipinski definition) is 6. The molecule has 0 radical (unpaired) electrons. The van der Waals surface area contributed by atoms with Crippen molar-refractivity contribution in [3.8, 4) is 0 Å². The van der Waals surface area contributed by atoms with Crippen LogP contribution in [0.3, 0.4) is 0 Å². The first-order valence-corrected chi connectivity index (χ1v) is 12.2. The van der Waals surface area contributed by atoms with Crippen molar-refractivity contribution in [1.82, 2.24) is 10.3 Å². The highest BCUT2D eigenvalue weighted by molar-refractivity contribution is 6.01. The zero-order chi connectivity index (χ0) is 24.1. The molecule has 6 nitrogen and oxygen atoms in total. The van der Waals surface area contributed by atoms with Crippen molar-refractivity contribution >= 4 is 17.2 Å². The maximum absolute atomic E-state index is 13.7. The molecular weight excluding hydrogens is 422 g/mol.